The normalized spacial score (nSPS) is 34.6. The number of hydrogen-bond donors (Lipinski definition) is 1. The third-order valence-corrected chi connectivity index (χ3v) is 3.66. The molecule has 0 amide bonds. The molecule has 3 unspecified atom stereocenters. The van der Waals surface area contributed by atoms with Gasteiger partial charge in [0.2, 0.25) is 0 Å². The summed E-state index contributed by atoms with van der Waals surface area (Å²) in [5.74, 6) is 5.72. The molecule has 0 aromatic rings. The molecule has 2 bridgehead atoms. The summed E-state index contributed by atoms with van der Waals surface area (Å²) in [6.07, 6.45) is 3.10. The average Bonchev–Trinajstić information content (AvgIpc) is 2.27. The first-order chi connectivity index (χ1) is 7.22. The summed E-state index contributed by atoms with van der Waals surface area (Å²) in [6, 6.07) is 0.230. The molecule has 3 rings (SSSR count). The quantitative estimate of drug-likeness (QED) is 0.692. The topological polar surface area (TPSA) is 40.5 Å². The van der Waals surface area contributed by atoms with Crippen molar-refractivity contribution in [3.05, 3.63) is 0 Å². The molecule has 82 valence electrons. The molecule has 0 radical (unpaired) electrons. The van der Waals surface area contributed by atoms with E-state index in [9.17, 15) is 4.79 Å². The molecule has 1 aliphatic carbocycles. The van der Waals surface area contributed by atoms with Crippen LogP contribution in [0.15, 0.2) is 0 Å². The van der Waals surface area contributed by atoms with Gasteiger partial charge in [0.25, 0.3) is 0 Å². The van der Waals surface area contributed by atoms with Gasteiger partial charge in [0, 0.05) is 12.6 Å². The van der Waals surface area contributed by atoms with E-state index in [1.54, 1.807) is 0 Å². The number of nitrogens with zero attached hydrogens (tertiary/aromatic N) is 1. The van der Waals surface area contributed by atoms with Gasteiger partial charge in [-0.2, -0.15) is 0 Å². The van der Waals surface area contributed by atoms with Crippen molar-refractivity contribution in [1.82, 2.24) is 4.90 Å². The predicted octanol–water partition coefficient (Wildman–Crippen LogP) is 1.19. The lowest BCUT2D eigenvalue weighted by Crippen LogP contribution is -2.55. The third kappa shape index (κ3) is 2.00. The van der Waals surface area contributed by atoms with Crippen molar-refractivity contribution in [2.75, 3.05) is 13.1 Å². The number of piperidine rings is 2. The van der Waals surface area contributed by atoms with Gasteiger partial charge in [-0.15, -0.1) is 5.92 Å². The standard InChI is InChI=1S/C12H17NO2/c1-2-3-6-13-8-9-4-5-11(13)10(7-9)12(14)15/h9-11H,4-8H2,1H3,(H,14,15). The molecule has 0 aromatic carbocycles. The fourth-order valence-corrected chi connectivity index (χ4v) is 2.94. The first-order valence-corrected chi connectivity index (χ1v) is 5.59. The van der Waals surface area contributed by atoms with Crippen molar-refractivity contribution in [2.45, 2.75) is 32.2 Å². The highest BCUT2D eigenvalue weighted by atomic mass is 16.4. The molecular weight excluding hydrogens is 190 g/mol. The van der Waals surface area contributed by atoms with Gasteiger partial charge < -0.3 is 5.11 Å². The van der Waals surface area contributed by atoms with Crippen molar-refractivity contribution in [3.8, 4) is 11.8 Å². The highest BCUT2D eigenvalue weighted by Crippen LogP contribution is 2.38. The van der Waals surface area contributed by atoms with E-state index in [1.807, 2.05) is 6.92 Å². The first kappa shape index (κ1) is 10.5. The molecule has 3 aliphatic rings. The highest BCUT2D eigenvalue weighted by molar-refractivity contribution is 5.71. The van der Waals surface area contributed by atoms with Gasteiger partial charge in [0.15, 0.2) is 0 Å². The number of rotatable bonds is 2. The Labute approximate surface area is 90.5 Å². The second kappa shape index (κ2) is 4.24. The minimum atomic E-state index is -0.626. The molecule has 3 nitrogen and oxygen atoms in total. The van der Waals surface area contributed by atoms with Crippen molar-refractivity contribution in [2.24, 2.45) is 11.8 Å². The lowest BCUT2D eigenvalue weighted by Gasteiger charge is -2.47. The largest absolute Gasteiger partial charge is 0.481 e. The van der Waals surface area contributed by atoms with Crippen molar-refractivity contribution < 1.29 is 9.90 Å². The van der Waals surface area contributed by atoms with Crippen molar-refractivity contribution >= 4 is 5.97 Å². The number of aliphatic carboxylic acids is 1. The molecular formula is C12H17NO2. The molecule has 3 fully saturated rings. The van der Waals surface area contributed by atoms with E-state index in [0.29, 0.717) is 5.92 Å². The Morgan fingerprint density at radius 2 is 2.33 bits per heavy atom. The zero-order valence-electron chi connectivity index (χ0n) is 9.07. The minimum absolute atomic E-state index is 0.156. The molecule has 3 atom stereocenters. The molecule has 0 spiro atoms. The van der Waals surface area contributed by atoms with Crippen LogP contribution in [-0.2, 0) is 4.79 Å². The van der Waals surface area contributed by atoms with Crippen LogP contribution in [0.2, 0.25) is 0 Å². The van der Waals surface area contributed by atoms with E-state index in [2.05, 4.69) is 16.7 Å². The summed E-state index contributed by atoms with van der Waals surface area (Å²) < 4.78 is 0. The SMILES string of the molecule is CC#CCN1CC2CCC1C(C(=O)O)C2. The Morgan fingerprint density at radius 3 is 2.93 bits per heavy atom. The predicted molar refractivity (Wildman–Crippen MR) is 57.3 cm³/mol. The summed E-state index contributed by atoms with van der Waals surface area (Å²) >= 11 is 0. The second-order valence-electron chi connectivity index (χ2n) is 4.55. The fourth-order valence-electron chi connectivity index (χ4n) is 2.94. The maximum Gasteiger partial charge on any atom is 0.308 e. The molecule has 1 N–H and O–H groups in total. The summed E-state index contributed by atoms with van der Waals surface area (Å²) in [5, 5.41) is 9.14. The van der Waals surface area contributed by atoms with Crippen LogP contribution in [0.5, 0.6) is 0 Å². The summed E-state index contributed by atoms with van der Waals surface area (Å²) in [5.41, 5.74) is 0. The lowest BCUT2D eigenvalue weighted by atomic mass is 9.73. The average molecular weight is 207 g/mol. The van der Waals surface area contributed by atoms with Gasteiger partial charge in [-0.25, -0.2) is 0 Å². The zero-order valence-corrected chi connectivity index (χ0v) is 9.07. The second-order valence-corrected chi connectivity index (χ2v) is 4.55. The van der Waals surface area contributed by atoms with E-state index in [0.717, 1.165) is 25.9 Å². The van der Waals surface area contributed by atoms with E-state index in [4.69, 9.17) is 5.11 Å². The molecule has 2 aliphatic heterocycles. The Morgan fingerprint density at radius 1 is 1.53 bits per heavy atom. The zero-order chi connectivity index (χ0) is 10.8. The molecule has 3 heteroatoms. The van der Waals surface area contributed by atoms with Crippen LogP contribution >= 0.6 is 0 Å². The Bertz CT molecular complexity index is 315. The van der Waals surface area contributed by atoms with Crippen LogP contribution in [0, 0.1) is 23.7 Å². The lowest BCUT2D eigenvalue weighted by molar-refractivity contribution is -0.149. The van der Waals surface area contributed by atoms with Crippen LogP contribution in [0.4, 0.5) is 0 Å². The van der Waals surface area contributed by atoms with Crippen LogP contribution in [0.3, 0.4) is 0 Å². The summed E-state index contributed by atoms with van der Waals surface area (Å²) in [6.45, 7) is 3.61. The Kier molecular flexibility index (Phi) is 2.97. The smallest absolute Gasteiger partial charge is 0.308 e. The van der Waals surface area contributed by atoms with Crippen LogP contribution in [-0.4, -0.2) is 35.1 Å². The Balaban J connectivity index is 2.08. The van der Waals surface area contributed by atoms with Crippen LogP contribution in [0.25, 0.3) is 0 Å². The van der Waals surface area contributed by atoms with E-state index < -0.39 is 5.97 Å². The van der Waals surface area contributed by atoms with Gasteiger partial charge in [-0.1, -0.05) is 5.92 Å². The van der Waals surface area contributed by atoms with Gasteiger partial charge >= 0.3 is 5.97 Å². The van der Waals surface area contributed by atoms with E-state index >= 15 is 0 Å². The minimum Gasteiger partial charge on any atom is -0.481 e. The number of carboxylic acid groups (broad SMARTS) is 1. The van der Waals surface area contributed by atoms with Crippen molar-refractivity contribution in [3.63, 3.8) is 0 Å². The van der Waals surface area contributed by atoms with Gasteiger partial charge in [0.05, 0.1) is 12.5 Å². The monoisotopic (exact) mass is 207 g/mol. The number of carbonyl (C=O) groups is 1. The van der Waals surface area contributed by atoms with Gasteiger partial charge in [0.1, 0.15) is 0 Å². The van der Waals surface area contributed by atoms with Gasteiger partial charge in [-0.3, -0.25) is 9.69 Å². The number of fused-ring (bicyclic) bond motifs is 3. The number of carboxylic acids is 1. The van der Waals surface area contributed by atoms with Crippen LogP contribution in [0.1, 0.15) is 26.2 Å². The third-order valence-electron chi connectivity index (χ3n) is 3.66. The Hall–Kier alpha value is -1.01. The van der Waals surface area contributed by atoms with Gasteiger partial charge in [-0.05, 0) is 32.1 Å². The maximum atomic E-state index is 11.1. The van der Waals surface area contributed by atoms with E-state index in [1.165, 1.54) is 6.42 Å². The molecule has 1 saturated carbocycles. The first-order valence-electron chi connectivity index (χ1n) is 5.59. The molecule has 2 saturated heterocycles. The molecule has 15 heavy (non-hydrogen) atoms. The fraction of sp³-hybridized carbons (Fsp3) is 0.750. The summed E-state index contributed by atoms with van der Waals surface area (Å²) in [7, 11) is 0. The molecule has 0 aromatic heterocycles. The van der Waals surface area contributed by atoms with Crippen LogP contribution < -0.4 is 0 Å². The van der Waals surface area contributed by atoms with Crippen molar-refractivity contribution in [1.29, 1.82) is 0 Å². The molecule has 2 heterocycles. The summed E-state index contributed by atoms with van der Waals surface area (Å²) in [4.78, 5) is 13.4. The van der Waals surface area contributed by atoms with E-state index in [-0.39, 0.29) is 12.0 Å². The maximum absolute atomic E-state index is 11.1. The highest BCUT2D eigenvalue weighted by Gasteiger charge is 2.43. The number of hydrogen-bond acceptors (Lipinski definition) is 2.